The van der Waals surface area contributed by atoms with Gasteiger partial charge in [0.15, 0.2) is 5.82 Å². The molecular weight excluding hydrogens is 494 g/mol. The third-order valence-corrected chi connectivity index (χ3v) is 5.42. The second-order valence-corrected chi connectivity index (χ2v) is 7.78. The van der Waals surface area contributed by atoms with Gasteiger partial charge >= 0.3 is 12.1 Å². The Balaban J connectivity index is 1.82. The maximum atomic E-state index is 14.5. The zero-order valence-corrected chi connectivity index (χ0v) is 17.5. The average molecular weight is 506 g/mol. The molecule has 1 atom stereocenters. The minimum absolute atomic E-state index is 0.0442. The van der Waals surface area contributed by atoms with Gasteiger partial charge in [-0.25, -0.2) is 18.2 Å². The first kappa shape index (κ1) is 23.9. The summed E-state index contributed by atoms with van der Waals surface area (Å²) in [5.74, 6) is -8.25. The predicted octanol–water partition coefficient (Wildman–Crippen LogP) is 7.32. The summed E-state index contributed by atoms with van der Waals surface area (Å²) in [5.41, 5.74) is -1.82. The van der Waals surface area contributed by atoms with Crippen LogP contribution < -0.4 is 5.01 Å². The Kier molecular flexibility index (Phi) is 6.01. The molecule has 4 rings (SSSR count). The van der Waals surface area contributed by atoms with Crippen LogP contribution in [0.1, 0.15) is 18.0 Å². The number of benzene rings is 2. The van der Waals surface area contributed by atoms with Crippen LogP contribution in [0.4, 0.5) is 40.8 Å². The normalized spacial score (nSPS) is 16.7. The lowest BCUT2D eigenvalue weighted by Crippen LogP contribution is -2.43. The molecule has 1 aliphatic rings. The van der Waals surface area contributed by atoms with Crippen molar-refractivity contribution in [3.63, 3.8) is 0 Å². The number of hydrazone groups is 1. The molecule has 0 saturated carbocycles. The van der Waals surface area contributed by atoms with Crippen LogP contribution >= 0.6 is 11.6 Å². The van der Waals surface area contributed by atoms with E-state index in [2.05, 4.69) is 10.1 Å². The Morgan fingerprint density at radius 2 is 1.62 bits per heavy atom. The van der Waals surface area contributed by atoms with E-state index in [1.165, 1.54) is 24.4 Å². The van der Waals surface area contributed by atoms with Crippen molar-refractivity contribution in [2.75, 3.05) is 5.01 Å². The van der Waals surface area contributed by atoms with Crippen molar-refractivity contribution >= 4 is 23.0 Å². The first-order valence-corrected chi connectivity index (χ1v) is 9.94. The van der Waals surface area contributed by atoms with Crippen LogP contribution in [0.3, 0.4) is 0 Å². The molecule has 2 heterocycles. The van der Waals surface area contributed by atoms with E-state index >= 15 is 0 Å². The van der Waals surface area contributed by atoms with Crippen molar-refractivity contribution in [2.24, 2.45) is 5.10 Å². The highest BCUT2D eigenvalue weighted by atomic mass is 35.5. The summed E-state index contributed by atoms with van der Waals surface area (Å²) in [6.07, 6.45) is -5.65. The number of halogens is 9. The van der Waals surface area contributed by atoms with Crippen molar-refractivity contribution < 1.29 is 35.1 Å². The van der Waals surface area contributed by atoms with E-state index in [0.29, 0.717) is 11.1 Å². The minimum Gasteiger partial charge on any atom is -0.255 e. The molecule has 3 aromatic rings. The standard InChI is InChI=1S/C22H12ClF8N3/c23-20-6-2-12(10-32-20)14-7-11(1-4-15(14)25)18-9-19(21(27,28)22(29,30)31)33-34(18)17-5-3-13(24)8-16(17)26/h1-8,10,18H,9H2. The maximum absolute atomic E-state index is 14.5. The number of alkyl halides is 5. The molecule has 0 spiro atoms. The van der Waals surface area contributed by atoms with Gasteiger partial charge in [0.05, 0.1) is 11.7 Å². The van der Waals surface area contributed by atoms with E-state index in [1.807, 2.05) is 0 Å². The van der Waals surface area contributed by atoms with Gasteiger partial charge in [0.25, 0.3) is 0 Å². The highest BCUT2D eigenvalue weighted by Crippen LogP contribution is 2.45. The summed E-state index contributed by atoms with van der Waals surface area (Å²) in [6, 6.07) is 6.91. The van der Waals surface area contributed by atoms with Gasteiger partial charge in [-0.3, -0.25) is 5.01 Å². The number of hydrogen-bond acceptors (Lipinski definition) is 3. The molecule has 1 unspecified atom stereocenters. The van der Waals surface area contributed by atoms with E-state index in [1.54, 1.807) is 0 Å². The summed E-state index contributed by atoms with van der Waals surface area (Å²) in [6.45, 7) is 0. The number of anilines is 1. The zero-order valence-electron chi connectivity index (χ0n) is 16.7. The molecular formula is C22H12ClF8N3. The van der Waals surface area contributed by atoms with Crippen molar-refractivity contribution in [3.05, 3.63) is 82.9 Å². The van der Waals surface area contributed by atoms with Gasteiger partial charge in [-0.1, -0.05) is 17.7 Å². The summed E-state index contributed by atoms with van der Waals surface area (Å²) < 4.78 is 110. The molecule has 0 radical (unpaired) electrons. The quantitative estimate of drug-likeness (QED) is 0.274. The Labute approximate surface area is 192 Å². The summed E-state index contributed by atoms with van der Waals surface area (Å²) in [5, 5.41) is 4.11. The average Bonchev–Trinajstić information content (AvgIpc) is 3.20. The van der Waals surface area contributed by atoms with Crippen LogP contribution in [0, 0.1) is 17.5 Å². The number of pyridine rings is 1. The molecule has 0 aliphatic carbocycles. The Hall–Kier alpha value is -3.21. The molecule has 12 heteroatoms. The maximum Gasteiger partial charge on any atom is 0.459 e. The number of rotatable bonds is 4. The van der Waals surface area contributed by atoms with Gasteiger partial charge in [-0.2, -0.15) is 27.1 Å². The molecule has 3 nitrogen and oxygen atoms in total. The van der Waals surface area contributed by atoms with Crippen LogP contribution in [0.5, 0.6) is 0 Å². The van der Waals surface area contributed by atoms with Crippen molar-refractivity contribution in [3.8, 4) is 11.1 Å². The molecule has 0 amide bonds. The Bertz CT molecular complexity index is 1260. The number of nitrogens with zero attached hydrogens (tertiary/aromatic N) is 3. The molecule has 0 N–H and O–H groups in total. The highest BCUT2D eigenvalue weighted by molar-refractivity contribution is 6.29. The van der Waals surface area contributed by atoms with Gasteiger partial charge in [0.2, 0.25) is 0 Å². The van der Waals surface area contributed by atoms with Crippen molar-refractivity contribution in [2.45, 2.75) is 24.6 Å². The smallest absolute Gasteiger partial charge is 0.255 e. The van der Waals surface area contributed by atoms with Crippen molar-refractivity contribution in [1.29, 1.82) is 0 Å². The largest absolute Gasteiger partial charge is 0.459 e. The lowest BCUT2D eigenvalue weighted by Gasteiger charge is -2.25. The molecule has 0 fully saturated rings. The fourth-order valence-electron chi connectivity index (χ4n) is 3.52. The summed E-state index contributed by atoms with van der Waals surface area (Å²) in [4.78, 5) is 3.83. The van der Waals surface area contributed by atoms with Crippen LogP contribution in [0.25, 0.3) is 11.1 Å². The third kappa shape index (κ3) is 4.31. The lowest BCUT2D eigenvalue weighted by atomic mass is 9.95. The third-order valence-electron chi connectivity index (χ3n) is 5.20. The van der Waals surface area contributed by atoms with Gasteiger partial charge in [0, 0.05) is 29.8 Å². The molecule has 0 saturated heterocycles. The summed E-state index contributed by atoms with van der Waals surface area (Å²) >= 11 is 5.73. The van der Waals surface area contributed by atoms with E-state index < -0.39 is 53.4 Å². The minimum atomic E-state index is -5.95. The van der Waals surface area contributed by atoms with Crippen molar-refractivity contribution in [1.82, 2.24) is 4.98 Å². The molecule has 2 aromatic carbocycles. The molecule has 0 bridgehead atoms. The fourth-order valence-corrected chi connectivity index (χ4v) is 3.63. The second-order valence-electron chi connectivity index (χ2n) is 7.39. The van der Waals surface area contributed by atoms with E-state index in [9.17, 15) is 35.1 Å². The van der Waals surface area contributed by atoms with E-state index in [0.717, 1.165) is 24.3 Å². The molecule has 178 valence electrons. The van der Waals surface area contributed by atoms with Gasteiger partial charge in [0.1, 0.15) is 22.5 Å². The second kappa shape index (κ2) is 8.53. The fraction of sp³-hybridized carbons (Fsp3) is 0.182. The van der Waals surface area contributed by atoms with Gasteiger partial charge < -0.3 is 0 Å². The number of aromatic nitrogens is 1. The highest BCUT2D eigenvalue weighted by Gasteiger charge is 2.63. The Morgan fingerprint density at radius 1 is 0.882 bits per heavy atom. The number of hydrogen-bond donors (Lipinski definition) is 0. The van der Waals surface area contributed by atoms with Gasteiger partial charge in [-0.15, -0.1) is 0 Å². The topological polar surface area (TPSA) is 28.5 Å². The predicted molar refractivity (Wildman–Crippen MR) is 109 cm³/mol. The van der Waals surface area contributed by atoms with Crippen LogP contribution in [-0.4, -0.2) is 22.8 Å². The van der Waals surface area contributed by atoms with E-state index in [4.69, 9.17) is 11.6 Å². The summed E-state index contributed by atoms with van der Waals surface area (Å²) in [7, 11) is 0. The van der Waals surface area contributed by atoms with Crippen LogP contribution in [0.15, 0.2) is 59.8 Å². The van der Waals surface area contributed by atoms with E-state index in [-0.39, 0.29) is 21.8 Å². The molecule has 34 heavy (non-hydrogen) atoms. The molecule has 1 aromatic heterocycles. The van der Waals surface area contributed by atoms with Crippen LogP contribution in [0.2, 0.25) is 5.15 Å². The van der Waals surface area contributed by atoms with Crippen LogP contribution in [-0.2, 0) is 0 Å². The zero-order chi connectivity index (χ0) is 24.8. The lowest BCUT2D eigenvalue weighted by molar-refractivity contribution is -0.249. The monoisotopic (exact) mass is 505 g/mol. The molecule has 1 aliphatic heterocycles. The Morgan fingerprint density at radius 3 is 2.24 bits per heavy atom. The van der Waals surface area contributed by atoms with Gasteiger partial charge in [-0.05, 0) is 42.0 Å². The first-order valence-electron chi connectivity index (χ1n) is 9.56. The first-order chi connectivity index (χ1) is 15.9. The SMILES string of the molecule is Fc1ccc(N2N=C(C(F)(F)C(F)(F)F)CC2c2ccc(F)c(-c3ccc(Cl)nc3)c2)c(F)c1.